The fourth-order valence-electron chi connectivity index (χ4n) is 1.58. The fraction of sp³-hybridized carbons (Fsp3) is 0.500. The predicted octanol–water partition coefficient (Wildman–Crippen LogP) is 0.810. The normalized spacial score (nSPS) is 11.7. The average molecular weight is 283 g/mol. The van der Waals surface area contributed by atoms with Crippen LogP contribution in [0.3, 0.4) is 0 Å². The molecule has 1 atom stereocenters. The third kappa shape index (κ3) is 5.98. The number of imide groups is 1. The highest BCUT2D eigenvalue weighted by Gasteiger charge is 2.14. The number of hydrogen-bond acceptors (Lipinski definition) is 5. The summed E-state index contributed by atoms with van der Waals surface area (Å²) in [6.45, 7) is 3.49. The number of carbonyl (C=O) groups excluding carboxylic acids is 2. The Bertz CT molecular complexity index is 497. The van der Waals surface area contributed by atoms with Gasteiger partial charge in [0, 0.05) is 18.9 Å². The van der Waals surface area contributed by atoms with E-state index in [9.17, 15) is 14.4 Å². The number of hydrogen-bond donors (Lipinski definition) is 3. The second-order valence-corrected chi connectivity index (χ2v) is 4.57. The molecule has 20 heavy (non-hydrogen) atoms. The van der Waals surface area contributed by atoms with Crippen LogP contribution >= 0.6 is 0 Å². The van der Waals surface area contributed by atoms with E-state index in [0.29, 0.717) is 11.5 Å². The van der Waals surface area contributed by atoms with Crippen molar-refractivity contribution < 1.29 is 24.0 Å². The molecule has 3 N–H and O–H groups in total. The summed E-state index contributed by atoms with van der Waals surface area (Å²) in [7, 11) is 0. The molecule has 0 aliphatic rings. The van der Waals surface area contributed by atoms with Crippen LogP contribution in [-0.4, -0.2) is 28.2 Å². The maximum atomic E-state index is 11.5. The number of rotatable bonds is 6. The highest BCUT2D eigenvalue weighted by Crippen LogP contribution is 2.06. The SMILES string of the molecule is Cc1cc(CNC(=O)NC(=O)CC(C)CC(=O)O)no1. The van der Waals surface area contributed by atoms with Crippen LogP contribution in [-0.2, 0) is 16.1 Å². The van der Waals surface area contributed by atoms with Crippen LogP contribution in [0.25, 0.3) is 0 Å². The van der Waals surface area contributed by atoms with Gasteiger partial charge in [-0.05, 0) is 12.8 Å². The van der Waals surface area contributed by atoms with E-state index < -0.39 is 17.9 Å². The van der Waals surface area contributed by atoms with Crippen LogP contribution in [0.5, 0.6) is 0 Å². The second-order valence-electron chi connectivity index (χ2n) is 4.57. The van der Waals surface area contributed by atoms with Crippen molar-refractivity contribution in [3.63, 3.8) is 0 Å². The number of aliphatic carboxylic acids is 1. The summed E-state index contributed by atoms with van der Waals surface area (Å²) in [6, 6.07) is 1.01. The Balaban J connectivity index is 2.27. The third-order valence-corrected chi connectivity index (χ3v) is 2.42. The predicted molar refractivity (Wildman–Crippen MR) is 67.7 cm³/mol. The largest absolute Gasteiger partial charge is 0.481 e. The minimum atomic E-state index is -0.976. The lowest BCUT2D eigenvalue weighted by atomic mass is 10.0. The number of carbonyl (C=O) groups is 3. The summed E-state index contributed by atoms with van der Waals surface area (Å²) in [5.74, 6) is -1.21. The molecule has 1 rings (SSSR count). The van der Waals surface area contributed by atoms with Gasteiger partial charge in [0.1, 0.15) is 11.5 Å². The molecule has 0 aliphatic carbocycles. The van der Waals surface area contributed by atoms with Gasteiger partial charge in [-0.15, -0.1) is 0 Å². The minimum Gasteiger partial charge on any atom is -0.481 e. The van der Waals surface area contributed by atoms with Crippen molar-refractivity contribution in [3.8, 4) is 0 Å². The van der Waals surface area contributed by atoms with Crippen molar-refractivity contribution in [1.82, 2.24) is 15.8 Å². The van der Waals surface area contributed by atoms with Crippen LogP contribution < -0.4 is 10.6 Å². The highest BCUT2D eigenvalue weighted by molar-refractivity contribution is 5.94. The monoisotopic (exact) mass is 283 g/mol. The molecule has 0 saturated heterocycles. The van der Waals surface area contributed by atoms with Gasteiger partial charge < -0.3 is 14.9 Å². The van der Waals surface area contributed by atoms with Gasteiger partial charge in [-0.25, -0.2) is 4.79 Å². The van der Waals surface area contributed by atoms with E-state index in [-0.39, 0.29) is 25.3 Å². The number of amides is 3. The lowest BCUT2D eigenvalue weighted by molar-refractivity contribution is -0.138. The van der Waals surface area contributed by atoms with Gasteiger partial charge in [0.2, 0.25) is 5.91 Å². The first-order valence-corrected chi connectivity index (χ1v) is 6.08. The zero-order valence-corrected chi connectivity index (χ0v) is 11.3. The molecule has 8 nitrogen and oxygen atoms in total. The van der Waals surface area contributed by atoms with Gasteiger partial charge >= 0.3 is 12.0 Å². The van der Waals surface area contributed by atoms with E-state index in [0.717, 1.165) is 0 Å². The smallest absolute Gasteiger partial charge is 0.321 e. The molecule has 1 unspecified atom stereocenters. The Morgan fingerprint density at radius 2 is 2.10 bits per heavy atom. The molecule has 0 bridgehead atoms. The van der Waals surface area contributed by atoms with Crippen molar-refractivity contribution in [2.24, 2.45) is 5.92 Å². The maximum Gasteiger partial charge on any atom is 0.321 e. The van der Waals surface area contributed by atoms with Crippen molar-refractivity contribution in [2.75, 3.05) is 0 Å². The van der Waals surface area contributed by atoms with Crippen LogP contribution in [0.1, 0.15) is 31.2 Å². The minimum absolute atomic E-state index is 0.0250. The zero-order valence-electron chi connectivity index (χ0n) is 11.3. The standard InChI is InChI=1S/C12H17N3O5/c1-7(4-11(17)18)3-10(16)14-12(19)13-6-9-5-8(2)20-15-9/h5,7H,3-4,6H2,1-2H3,(H,17,18)(H2,13,14,16,19). The first-order chi connectivity index (χ1) is 9.36. The van der Waals surface area contributed by atoms with E-state index in [1.54, 1.807) is 19.9 Å². The molecule has 8 heteroatoms. The fourth-order valence-corrected chi connectivity index (χ4v) is 1.58. The molecule has 1 heterocycles. The Morgan fingerprint density at radius 1 is 1.40 bits per heavy atom. The maximum absolute atomic E-state index is 11.5. The van der Waals surface area contributed by atoms with Gasteiger partial charge in [-0.3, -0.25) is 14.9 Å². The molecule has 1 aromatic rings. The Hall–Kier alpha value is -2.38. The molecule has 0 aromatic carbocycles. The lowest BCUT2D eigenvalue weighted by Gasteiger charge is -2.09. The van der Waals surface area contributed by atoms with Gasteiger partial charge in [0.15, 0.2) is 0 Å². The number of aryl methyl sites for hydroxylation is 1. The second kappa shape index (κ2) is 7.27. The molecule has 0 saturated carbocycles. The number of nitrogens with one attached hydrogen (secondary N) is 2. The molecule has 1 aromatic heterocycles. The van der Waals surface area contributed by atoms with Crippen molar-refractivity contribution in [2.45, 2.75) is 33.2 Å². The summed E-state index contributed by atoms with van der Waals surface area (Å²) >= 11 is 0. The van der Waals surface area contributed by atoms with Crippen LogP contribution in [0.4, 0.5) is 4.79 Å². The zero-order chi connectivity index (χ0) is 15.1. The topological polar surface area (TPSA) is 122 Å². The third-order valence-electron chi connectivity index (χ3n) is 2.42. The number of aromatic nitrogens is 1. The van der Waals surface area contributed by atoms with Gasteiger partial charge in [-0.2, -0.15) is 0 Å². The summed E-state index contributed by atoms with van der Waals surface area (Å²) in [5, 5.41) is 16.8. The molecule has 0 radical (unpaired) electrons. The Kier molecular flexibility index (Phi) is 5.70. The first-order valence-electron chi connectivity index (χ1n) is 6.08. The summed E-state index contributed by atoms with van der Waals surface area (Å²) < 4.78 is 4.82. The number of carboxylic acids is 1. The van der Waals surface area contributed by atoms with Gasteiger partial charge in [0.05, 0.1) is 6.54 Å². The first kappa shape index (κ1) is 15.7. The molecule has 110 valence electrons. The van der Waals surface area contributed by atoms with E-state index in [4.69, 9.17) is 9.63 Å². The Labute approximate surface area is 115 Å². The quantitative estimate of drug-likeness (QED) is 0.710. The van der Waals surface area contributed by atoms with Crippen molar-refractivity contribution >= 4 is 17.9 Å². The average Bonchev–Trinajstić information content (AvgIpc) is 2.71. The molecule has 0 spiro atoms. The van der Waals surface area contributed by atoms with Crippen LogP contribution in [0, 0.1) is 12.8 Å². The van der Waals surface area contributed by atoms with Crippen LogP contribution in [0.15, 0.2) is 10.6 Å². The molecular weight excluding hydrogens is 266 g/mol. The number of urea groups is 1. The number of carboxylic acid groups (broad SMARTS) is 1. The van der Waals surface area contributed by atoms with Gasteiger partial charge in [-0.1, -0.05) is 12.1 Å². The lowest BCUT2D eigenvalue weighted by Crippen LogP contribution is -2.39. The molecule has 3 amide bonds. The van der Waals surface area contributed by atoms with Crippen molar-refractivity contribution in [1.29, 1.82) is 0 Å². The number of nitrogens with zero attached hydrogens (tertiary/aromatic N) is 1. The molecule has 0 aliphatic heterocycles. The Morgan fingerprint density at radius 3 is 2.65 bits per heavy atom. The van der Waals surface area contributed by atoms with E-state index in [2.05, 4.69) is 15.8 Å². The van der Waals surface area contributed by atoms with Crippen LogP contribution in [0.2, 0.25) is 0 Å². The van der Waals surface area contributed by atoms with Crippen molar-refractivity contribution in [3.05, 3.63) is 17.5 Å². The van der Waals surface area contributed by atoms with E-state index in [1.807, 2.05) is 0 Å². The molecule has 0 fully saturated rings. The molecular formula is C12H17N3O5. The summed E-state index contributed by atoms with van der Waals surface area (Å²) in [4.78, 5) is 33.3. The summed E-state index contributed by atoms with van der Waals surface area (Å²) in [5.41, 5.74) is 0.546. The van der Waals surface area contributed by atoms with Gasteiger partial charge in [0.25, 0.3) is 0 Å². The van der Waals surface area contributed by atoms with E-state index in [1.165, 1.54) is 0 Å². The van der Waals surface area contributed by atoms with E-state index >= 15 is 0 Å². The highest BCUT2D eigenvalue weighted by atomic mass is 16.5. The summed E-state index contributed by atoms with van der Waals surface area (Å²) in [6.07, 6.45) is -0.143.